The standard InChI is InChI=1S/C16H18N6/c1-11-19-15-13(9-18-21(15)2)16(20-11)22-8-7-17-14-6-4-3-5-12(14)10-22/h3-6,9,17H,7-8,10H2,1-2H3. The van der Waals surface area contributed by atoms with Crippen LogP contribution < -0.4 is 10.2 Å². The van der Waals surface area contributed by atoms with Gasteiger partial charge in [-0.3, -0.25) is 4.68 Å². The van der Waals surface area contributed by atoms with Gasteiger partial charge in [0.2, 0.25) is 0 Å². The molecule has 0 unspecified atom stereocenters. The number of aryl methyl sites for hydroxylation is 2. The Hall–Kier alpha value is -2.63. The zero-order valence-electron chi connectivity index (χ0n) is 12.7. The maximum atomic E-state index is 4.69. The Morgan fingerprint density at radius 1 is 1.18 bits per heavy atom. The second-order valence-electron chi connectivity index (χ2n) is 5.61. The van der Waals surface area contributed by atoms with Gasteiger partial charge in [-0.2, -0.15) is 5.10 Å². The van der Waals surface area contributed by atoms with E-state index in [0.29, 0.717) is 0 Å². The zero-order chi connectivity index (χ0) is 15.1. The van der Waals surface area contributed by atoms with E-state index < -0.39 is 0 Å². The summed E-state index contributed by atoms with van der Waals surface area (Å²) in [5, 5.41) is 8.83. The summed E-state index contributed by atoms with van der Waals surface area (Å²) in [6, 6.07) is 8.43. The molecule has 0 saturated carbocycles. The van der Waals surface area contributed by atoms with E-state index in [1.165, 1.54) is 11.3 Å². The maximum absolute atomic E-state index is 4.69. The van der Waals surface area contributed by atoms with Gasteiger partial charge in [0.05, 0.1) is 11.6 Å². The lowest BCUT2D eigenvalue weighted by molar-refractivity contribution is 0.779. The van der Waals surface area contributed by atoms with Crippen LogP contribution in [0, 0.1) is 6.92 Å². The predicted octanol–water partition coefficient (Wildman–Crippen LogP) is 2.10. The normalized spacial score (nSPS) is 14.5. The highest BCUT2D eigenvalue weighted by molar-refractivity contribution is 5.87. The number of para-hydroxylation sites is 1. The van der Waals surface area contributed by atoms with E-state index in [9.17, 15) is 0 Å². The Kier molecular flexibility index (Phi) is 2.96. The number of rotatable bonds is 1. The van der Waals surface area contributed by atoms with Gasteiger partial charge in [-0.25, -0.2) is 9.97 Å². The summed E-state index contributed by atoms with van der Waals surface area (Å²) in [4.78, 5) is 11.5. The molecule has 0 atom stereocenters. The molecule has 0 bridgehead atoms. The quantitative estimate of drug-likeness (QED) is 0.745. The van der Waals surface area contributed by atoms with E-state index in [1.807, 2.05) is 20.2 Å². The smallest absolute Gasteiger partial charge is 0.163 e. The summed E-state index contributed by atoms with van der Waals surface area (Å²) < 4.78 is 1.80. The van der Waals surface area contributed by atoms with Gasteiger partial charge < -0.3 is 10.2 Å². The van der Waals surface area contributed by atoms with Crippen LogP contribution in [0.4, 0.5) is 11.5 Å². The summed E-state index contributed by atoms with van der Waals surface area (Å²) in [7, 11) is 1.91. The average Bonchev–Trinajstić information content (AvgIpc) is 2.77. The summed E-state index contributed by atoms with van der Waals surface area (Å²) in [6.07, 6.45) is 1.86. The molecule has 0 aliphatic carbocycles. The summed E-state index contributed by atoms with van der Waals surface area (Å²) in [5.41, 5.74) is 3.37. The number of benzene rings is 1. The molecule has 22 heavy (non-hydrogen) atoms. The van der Waals surface area contributed by atoms with Crippen LogP contribution >= 0.6 is 0 Å². The van der Waals surface area contributed by atoms with E-state index in [-0.39, 0.29) is 0 Å². The van der Waals surface area contributed by atoms with Crippen molar-refractivity contribution in [1.82, 2.24) is 19.7 Å². The van der Waals surface area contributed by atoms with E-state index in [1.54, 1.807) is 4.68 Å². The van der Waals surface area contributed by atoms with E-state index in [2.05, 4.69) is 49.5 Å². The van der Waals surface area contributed by atoms with Gasteiger partial charge in [0.25, 0.3) is 0 Å². The van der Waals surface area contributed by atoms with Crippen molar-refractivity contribution in [1.29, 1.82) is 0 Å². The first kappa shape index (κ1) is 13.1. The van der Waals surface area contributed by atoms with Crippen molar-refractivity contribution in [3.05, 3.63) is 41.9 Å². The number of aromatic nitrogens is 4. The molecule has 1 aromatic carbocycles. The fraction of sp³-hybridized carbons (Fsp3) is 0.312. The highest BCUT2D eigenvalue weighted by Crippen LogP contribution is 2.28. The predicted molar refractivity (Wildman–Crippen MR) is 87.0 cm³/mol. The van der Waals surface area contributed by atoms with Crippen LogP contribution in [-0.2, 0) is 13.6 Å². The van der Waals surface area contributed by atoms with Crippen molar-refractivity contribution in [2.24, 2.45) is 7.05 Å². The van der Waals surface area contributed by atoms with Crippen molar-refractivity contribution in [2.45, 2.75) is 13.5 Å². The van der Waals surface area contributed by atoms with Crippen molar-refractivity contribution in [3.63, 3.8) is 0 Å². The van der Waals surface area contributed by atoms with Crippen molar-refractivity contribution in [3.8, 4) is 0 Å². The molecule has 6 nitrogen and oxygen atoms in total. The SMILES string of the molecule is Cc1nc(N2CCNc3ccccc3C2)c2cnn(C)c2n1. The van der Waals surface area contributed by atoms with Gasteiger partial charge in [0.1, 0.15) is 11.6 Å². The third-order valence-electron chi connectivity index (χ3n) is 4.06. The van der Waals surface area contributed by atoms with Crippen LogP contribution in [0.15, 0.2) is 30.5 Å². The second-order valence-corrected chi connectivity index (χ2v) is 5.61. The molecule has 6 heteroatoms. The number of anilines is 2. The Morgan fingerprint density at radius 3 is 2.95 bits per heavy atom. The molecule has 112 valence electrons. The Bertz CT molecular complexity index is 838. The van der Waals surface area contributed by atoms with Gasteiger partial charge in [-0.05, 0) is 18.6 Å². The van der Waals surface area contributed by atoms with E-state index in [4.69, 9.17) is 0 Å². The number of hydrogen-bond acceptors (Lipinski definition) is 5. The van der Waals surface area contributed by atoms with Gasteiger partial charge >= 0.3 is 0 Å². The molecular weight excluding hydrogens is 276 g/mol. The minimum atomic E-state index is 0.775. The van der Waals surface area contributed by atoms with Crippen molar-refractivity contribution >= 4 is 22.5 Å². The minimum absolute atomic E-state index is 0.775. The molecule has 3 aromatic rings. The van der Waals surface area contributed by atoms with Crippen LogP contribution in [0.1, 0.15) is 11.4 Å². The average molecular weight is 294 g/mol. The van der Waals surface area contributed by atoms with Gasteiger partial charge in [-0.1, -0.05) is 18.2 Å². The van der Waals surface area contributed by atoms with Crippen LogP contribution in [-0.4, -0.2) is 32.8 Å². The number of nitrogens with zero attached hydrogens (tertiary/aromatic N) is 5. The van der Waals surface area contributed by atoms with Crippen LogP contribution in [0.2, 0.25) is 0 Å². The molecule has 1 N–H and O–H groups in total. The first-order chi connectivity index (χ1) is 10.7. The van der Waals surface area contributed by atoms with Gasteiger partial charge in [0.15, 0.2) is 5.65 Å². The first-order valence-electron chi connectivity index (χ1n) is 7.45. The maximum Gasteiger partial charge on any atom is 0.163 e. The molecule has 0 fully saturated rings. The Balaban J connectivity index is 1.82. The molecule has 0 saturated heterocycles. The fourth-order valence-electron chi connectivity index (χ4n) is 2.98. The summed E-state index contributed by atoms with van der Waals surface area (Å²) in [5.74, 6) is 1.74. The third kappa shape index (κ3) is 2.07. The number of fused-ring (bicyclic) bond motifs is 2. The van der Waals surface area contributed by atoms with Crippen LogP contribution in [0.5, 0.6) is 0 Å². The number of nitrogens with one attached hydrogen (secondary N) is 1. The Morgan fingerprint density at radius 2 is 2.05 bits per heavy atom. The monoisotopic (exact) mass is 294 g/mol. The number of hydrogen-bond donors (Lipinski definition) is 1. The molecule has 0 spiro atoms. The zero-order valence-corrected chi connectivity index (χ0v) is 12.7. The fourth-order valence-corrected chi connectivity index (χ4v) is 2.98. The van der Waals surface area contributed by atoms with Gasteiger partial charge in [0, 0.05) is 32.4 Å². The highest BCUT2D eigenvalue weighted by atomic mass is 15.3. The highest BCUT2D eigenvalue weighted by Gasteiger charge is 2.19. The Labute approximate surface area is 128 Å². The lowest BCUT2D eigenvalue weighted by atomic mass is 10.1. The lowest BCUT2D eigenvalue weighted by Gasteiger charge is -2.22. The van der Waals surface area contributed by atoms with E-state index in [0.717, 1.165) is 42.3 Å². The lowest BCUT2D eigenvalue weighted by Crippen LogP contribution is -2.27. The summed E-state index contributed by atoms with van der Waals surface area (Å²) in [6.45, 7) is 4.56. The minimum Gasteiger partial charge on any atom is -0.383 e. The molecule has 2 aromatic heterocycles. The summed E-state index contributed by atoms with van der Waals surface area (Å²) >= 11 is 0. The van der Waals surface area contributed by atoms with Crippen molar-refractivity contribution < 1.29 is 0 Å². The second kappa shape index (κ2) is 4.98. The molecule has 0 radical (unpaired) electrons. The molecule has 1 aliphatic heterocycles. The molecule has 1 aliphatic rings. The van der Waals surface area contributed by atoms with Gasteiger partial charge in [-0.15, -0.1) is 0 Å². The molecule has 3 heterocycles. The van der Waals surface area contributed by atoms with Crippen molar-refractivity contribution in [2.75, 3.05) is 23.3 Å². The topological polar surface area (TPSA) is 58.9 Å². The van der Waals surface area contributed by atoms with E-state index >= 15 is 0 Å². The largest absolute Gasteiger partial charge is 0.383 e. The molecule has 4 rings (SSSR count). The first-order valence-corrected chi connectivity index (χ1v) is 7.45. The molecule has 0 amide bonds. The third-order valence-corrected chi connectivity index (χ3v) is 4.06. The van der Waals surface area contributed by atoms with Crippen LogP contribution in [0.25, 0.3) is 11.0 Å². The molecular formula is C16H18N6. The van der Waals surface area contributed by atoms with Crippen LogP contribution in [0.3, 0.4) is 0 Å².